The molecular weight excluding hydrogens is 169 g/mol. The van der Waals surface area contributed by atoms with Crippen LogP contribution < -0.4 is 5.32 Å². The fraction of sp³-hybridized carbons (Fsp3) is 1.00. The Kier molecular flexibility index (Phi) is 1.82. The summed E-state index contributed by atoms with van der Waals surface area (Å²) in [5, 5.41) is 2.90. The van der Waals surface area contributed by atoms with Gasteiger partial charge in [-0.3, -0.25) is 0 Å². The van der Waals surface area contributed by atoms with E-state index in [2.05, 4.69) is 5.32 Å². The molecule has 0 aliphatic carbocycles. The van der Waals surface area contributed by atoms with Gasteiger partial charge in [-0.15, -0.1) is 0 Å². The van der Waals surface area contributed by atoms with Crippen molar-refractivity contribution in [1.82, 2.24) is 5.32 Å². The third-order valence-electron chi connectivity index (χ3n) is 1.48. The predicted octanol–water partition coefficient (Wildman–Crippen LogP) is 1.21. The first-order valence-corrected chi connectivity index (χ1v) is 2.91. The van der Waals surface area contributed by atoms with Crippen molar-refractivity contribution in [2.24, 2.45) is 0 Å². The molecule has 0 aromatic rings. The van der Waals surface area contributed by atoms with Crippen LogP contribution >= 0.6 is 0 Å². The summed E-state index contributed by atoms with van der Waals surface area (Å²) in [5.41, 5.74) is 0. The summed E-state index contributed by atoms with van der Waals surface area (Å²) in [5.74, 6) is -8.89. The molecule has 0 spiro atoms. The van der Waals surface area contributed by atoms with Crippen LogP contribution in [0.4, 0.5) is 22.0 Å². The van der Waals surface area contributed by atoms with E-state index >= 15 is 0 Å². The van der Waals surface area contributed by atoms with Crippen molar-refractivity contribution in [1.29, 1.82) is 0 Å². The van der Waals surface area contributed by atoms with Crippen molar-refractivity contribution in [3.05, 3.63) is 0 Å². The Balaban J connectivity index is 2.82. The monoisotopic (exact) mass is 174 g/mol. The van der Waals surface area contributed by atoms with Gasteiger partial charge in [0, 0.05) is 0 Å². The van der Waals surface area contributed by atoms with Crippen LogP contribution in [0.15, 0.2) is 0 Å². The molecule has 1 aliphatic rings. The van der Waals surface area contributed by atoms with E-state index in [0.717, 1.165) is 0 Å². The van der Waals surface area contributed by atoms with Crippen LogP contribution in [-0.2, 0) is 0 Å². The van der Waals surface area contributed by atoms with E-state index < -0.39 is 31.1 Å². The Morgan fingerprint density at radius 2 is 1.73 bits per heavy atom. The zero-order valence-electron chi connectivity index (χ0n) is 5.33. The second-order valence-corrected chi connectivity index (χ2v) is 2.36. The van der Waals surface area contributed by atoms with E-state index in [-0.39, 0.29) is 0 Å². The minimum atomic E-state index is -4.56. The van der Waals surface area contributed by atoms with Crippen LogP contribution in [0.2, 0.25) is 0 Å². The topological polar surface area (TPSA) is 14.1 Å². The standard InChI is InChI=1S/C5H5F5N/c6-3-1-11-2-4(7,8)5(3,9)10/h3H,1-2H2. The van der Waals surface area contributed by atoms with Crippen molar-refractivity contribution in [3.63, 3.8) is 0 Å². The maximum Gasteiger partial charge on any atom is 0.343 e. The number of halogens is 5. The molecule has 65 valence electrons. The summed E-state index contributed by atoms with van der Waals surface area (Å²) >= 11 is 0. The number of piperidine rings is 1. The first-order chi connectivity index (χ1) is 4.88. The number of hydrogen-bond donors (Lipinski definition) is 0. The molecule has 1 atom stereocenters. The molecule has 1 nitrogen and oxygen atoms in total. The largest absolute Gasteiger partial charge is 0.343 e. The number of nitrogens with zero attached hydrogens (tertiary/aromatic N) is 1. The van der Waals surface area contributed by atoms with Crippen LogP contribution in [0.25, 0.3) is 0 Å². The summed E-state index contributed by atoms with van der Waals surface area (Å²) in [6.45, 7) is -2.14. The average molecular weight is 174 g/mol. The molecule has 0 bridgehead atoms. The fourth-order valence-corrected chi connectivity index (χ4v) is 0.768. The molecule has 1 fully saturated rings. The second-order valence-electron chi connectivity index (χ2n) is 2.36. The maximum absolute atomic E-state index is 12.2. The van der Waals surface area contributed by atoms with E-state index in [1.54, 1.807) is 0 Å². The summed E-state index contributed by atoms with van der Waals surface area (Å²) < 4.78 is 60.8. The van der Waals surface area contributed by atoms with Gasteiger partial charge in [-0.25, -0.2) is 9.71 Å². The third kappa shape index (κ3) is 1.19. The highest BCUT2D eigenvalue weighted by Crippen LogP contribution is 2.40. The number of alkyl halides is 5. The number of rotatable bonds is 0. The lowest BCUT2D eigenvalue weighted by molar-refractivity contribution is -0.249. The van der Waals surface area contributed by atoms with Gasteiger partial charge in [0.2, 0.25) is 0 Å². The summed E-state index contributed by atoms with van der Waals surface area (Å²) in [6, 6.07) is 0. The molecule has 0 aromatic heterocycles. The highest BCUT2D eigenvalue weighted by atomic mass is 19.3. The molecule has 0 aromatic carbocycles. The van der Waals surface area contributed by atoms with Crippen LogP contribution in [0, 0.1) is 0 Å². The molecule has 1 rings (SSSR count). The highest BCUT2D eigenvalue weighted by molar-refractivity contribution is 4.97. The zero-order chi connectivity index (χ0) is 8.70. The molecule has 1 heterocycles. The fourth-order valence-electron chi connectivity index (χ4n) is 0.768. The SMILES string of the molecule is FC1C[N]CC(F)(F)C1(F)F. The highest BCUT2D eigenvalue weighted by Gasteiger charge is 2.64. The maximum atomic E-state index is 12.2. The minimum absolute atomic E-state index is 0.845. The van der Waals surface area contributed by atoms with E-state index in [0.29, 0.717) is 0 Å². The van der Waals surface area contributed by atoms with Crippen LogP contribution in [0.3, 0.4) is 0 Å². The summed E-state index contributed by atoms with van der Waals surface area (Å²) in [7, 11) is 0. The predicted molar refractivity (Wildman–Crippen MR) is 26.7 cm³/mol. The van der Waals surface area contributed by atoms with Crippen molar-refractivity contribution in [2.75, 3.05) is 13.1 Å². The average Bonchev–Trinajstić information content (AvgIpc) is 1.84. The quantitative estimate of drug-likeness (QED) is 0.490. The van der Waals surface area contributed by atoms with Gasteiger partial charge in [-0.2, -0.15) is 17.6 Å². The summed E-state index contributed by atoms with van der Waals surface area (Å²) in [4.78, 5) is 0. The van der Waals surface area contributed by atoms with Crippen LogP contribution in [-0.4, -0.2) is 31.1 Å². The Morgan fingerprint density at radius 1 is 1.18 bits per heavy atom. The van der Waals surface area contributed by atoms with E-state index in [4.69, 9.17) is 0 Å². The van der Waals surface area contributed by atoms with Gasteiger partial charge < -0.3 is 0 Å². The van der Waals surface area contributed by atoms with Crippen molar-refractivity contribution >= 4 is 0 Å². The van der Waals surface area contributed by atoms with Gasteiger partial charge in [-0.1, -0.05) is 0 Å². The Hall–Kier alpha value is -0.390. The van der Waals surface area contributed by atoms with Gasteiger partial charge in [-0.05, 0) is 0 Å². The van der Waals surface area contributed by atoms with Crippen molar-refractivity contribution in [2.45, 2.75) is 18.0 Å². The van der Waals surface area contributed by atoms with E-state index in [1.807, 2.05) is 0 Å². The normalized spacial score (nSPS) is 35.2. The molecule has 0 amide bonds. The molecule has 0 saturated carbocycles. The first kappa shape index (κ1) is 8.70. The first-order valence-electron chi connectivity index (χ1n) is 2.91. The lowest BCUT2D eigenvalue weighted by Crippen LogP contribution is -2.58. The van der Waals surface area contributed by atoms with Crippen molar-refractivity contribution < 1.29 is 22.0 Å². The van der Waals surface area contributed by atoms with Gasteiger partial charge in [0.05, 0.1) is 13.1 Å². The van der Waals surface area contributed by atoms with Gasteiger partial charge >= 0.3 is 11.8 Å². The van der Waals surface area contributed by atoms with Crippen LogP contribution in [0.1, 0.15) is 0 Å². The van der Waals surface area contributed by atoms with E-state index in [1.165, 1.54) is 0 Å². The Morgan fingerprint density at radius 3 is 2.09 bits per heavy atom. The minimum Gasteiger partial charge on any atom is -0.239 e. The molecule has 1 saturated heterocycles. The van der Waals surface area contributed by atoms with Crippen LogP contribution in [0.5, 0.6) is 0 Å². The van der Waals surface area contributed by atoms with Crippen molar-refractivity contribution in [3.8, 4) is 0 Å². The molecule has 6 heteroatoms. The molecular formula is C5H5F5N. The lowest BCUT2D eigenvalue weighted by Gasteiger charge is -2.32. The van der Waals surface area contributed by atoms with E-state index in [9.17, 15) is 22.0 Å². The zero-order valence-corrected chi connectivity index (χ0v) is 5.33. The molecule has 1 unspecified atom stereocenters. The molecule has 11 heavy (non-hydrogen) atoms. The smallest absolute Gasteiger partial charge is 0.239 e. The summed E-state index contributed by atoms with van der Waals surface area (Å²) in [6.07, 6.45) is -2.86. The van der Waals surface area contributed by atoms with Gasteiger partial charge in [0.1, 0.15) is 0 Å². The van der Waals surface area contributed by atoms with Gasteiger partial charge in [0.15, 0.2) is 6.17 Å². The Labute approximate surface area is 59.6 Å². The molecule has 1 radical (unpaired) electrons. The third-order valence-corrected chi connectivity index (χ3v) is 1.48. The Bertz CT molecular complexity index is 157. The number of hydrogen-bond acceptors (Lipinski definition) is 0. The molecule has 1 aliphatic heterocycles. The second kappa shape index (κ2) is 2.30. The molecule has 0 N–H and O–H groups in total. The lowest BCUT2D eigenvalue weighted by atomic mass is 10.0. The van der Waals surface area contributed by atoms with Gasteiger partial charge in [0.25, 0.3) is 0 Å².